The summed E-state index contributed by atoms with van der Waals surface area (Å²) in [6, 6.07) is 8.34. The molecule has 0 radical (unpaired) electrons. The number of hydrogen-bond donors (Lipinski definition) is 1. The Balaban J connectivity index is 2.47. The molecule has 1 N–H and O–H groups in total. The number of hydrogen-bond acceptors (Lipinski definition) is 6. The second-order valence-corrected chi connectivity index (χ2v) is 5.21. The summed E-state index contributed by atoms with van der Waals surface area (Å²) in [6.07, 6.45) is 0.113. The Morgan fingerprint density at radius 3 is 2.32 bits per heavy atom. The average Bonchev–Trinajstić information content (AvgIpc) is 2.60. The van der Waals surface area contributed by atoms with Crippen LogP contribution in [-0.4, -0.2) is 37.3 Å². The molecule has 1 atom stereocenters. The highest BCUT2D eigenvalue weighted by Crippen LogP contribution is 2.06. The molecule has 1 rings (SSSR count). The summed E-state index contributed by atoms with van der Waals surface area (Å²) in [5.41, 5.74) is 0.840. The van der Waals surface area contributed by atoms with Gasteiger partial charge < -0.3 is 19.5 Å². The number of carbonyl (C=O) groups excluding carboxylic acids is 3. The summed E-state index contributed by atoms with van der Waals surface area (Å²) in [6.45, 7) is 4.02. The van der Waals surface area contributed by atoms with Crippen molar-refractivity contribution in [2.24, 2.45) is 0 Å². The molecule has 0 bridgehead atoms. The van der Waals surface area contributed by atoms with Gasteiger partial charge in [-0.05, 0) is 32.3 Å². The van der Waals surface area contributed by atoms with E-state index in [4.69, 9.17) is 14.2 Å². The Morgan fingerprint density at radius 1 is 1.00 bits per heavy atom. The van der Waals surface area contributed by atoms with E-state index >= 15 is 0 Å². The fourth-order valence-electron chi connectivity index (χ4n) is 2.08. The van der Waals surface area contributed by atoms with Crippen molar-refractivity contribution in [3.05, 3.63) is 35.9 Å². The Kier molecular flexibility index (Phi) is 9.74. The summed E-state index contributed by atoms with van der Waals surface area (Å²) < 4.78 is 14.9. The van der Waals surface area contributed by atoms with Crippen LogP contribution in [0, 0.1) is 0 Å². The molecule has 0 saturated carbocycles. The minimum absolute atomic E-state index is 0.102. The quantitative estimate of drug-likeness (QED) is 0.515. The first-order valence-corrected chi connectivity index (χ1v) is 8.36. The minimum Gasteiger partial charge on any atom is -0.466 e. The van der Waals surface area contributed by atoms with Crippen LogP contribution in [0.3, 0.4) is 0 Å². The zero-order valence-corrected chi connectivity index (χ0v) is 14.7. The molecule has 0 unspecified atom stereocenters. The van der Waals surface area contributed by atoms with E-state index in [1.165, 1.54) is 0 Å². The van der Waals surface area contributed by atoms with E-state index < -0.39 is 18.1 Å². The Morgan fingerprint density at radius 2 is 1.68 bits per heavy atom. The van der Waals surface area contributed by atoms with Gasteiger partial charge in [-0.15, -0.1) is 0 Å². The largest absolute Gasteiger partial charge is 0.466 e. The molecule has 1 amide bonds. The van der Waals surface area contributed by atoms with E-state index in [0.29, 0.717) is 13.0 Å². The van der Waals surface area contributed by atoms with E-state index in [2.05, 4.69) is 5.32 Å². The van der Waals surface area contributed by atoms with Gasteiger partial charge in [0.1, 0.15) is 12.6 Å². The van der Waals surface area contributed by atoms with Gasteiger partial charge in [0.05, 0.1) is 13.2 Å². The van der Waals surface area contributed by atoms with Crippen molar-refractivity contribution in [3.63, 3.8) is 0 Å². The molecular formula is C18H25NO6. The third-order valence-corrected chi connectivity index (χ3v) is 3.25. The van der Waals surface area contributed by atoms with Crippen molar-refractivity contribution in [2.75, 3.05) is 13.2 Å². The lowest BCUT2D eigenvalue weighted by Gasteiger charge is -2.17. The predicted molar refractivity (Wildman–Crippen MR) is 90.7 cm³/mol. The van der Waals surface area contributed by atoms with Crippen molar-refractivity contribution in [1.82, 2.24) is 5.32 Å². The fraction of sp³-hybridized carbons (Fsp3) is 0.500. The van der Waals surface area contributed by atoms with Gasteiger partial charge in [0.15, 0.2) is 0 Å². The van der Waals surface area contributed by atoms with Crippen LogP contribution in [0.15, 0.2) is 30.3 Å². The molecule has 0 spiro atoms. The molecule has 0 aliphatic heterocycles. The SMILES string of the molecule is CCOC(=O)CCC[C@@H](NC(=O)OCc1ccccc1)C(=O)OCC. The molecule has 7 heteroatoms. The van der Waals surface area contributed by atoms with Crippen LogP contribution in [0.5, 0.6) is 0 Å². The highest BCUT2D eigenvalue weighted by Gasteiger charge is 2.23. The van der Waals surface area contributed by atoms with Gasteiger partial charge in [0.25, 0.3) is 0 Å². The number of nitrogens with one attached hydrogen (secondary N) is 1. The first kappa shape index (κ1) is 20.5. The van der Waals surface area contributed by atoms with E-state index in [1.54, 1.807) is 13.8 Å². The molecule has 1 aromatic carbocycles. The van der Waals surface area contributed by atoms with Gasteiger partial charge in [-0.3, -0.25) is 4.79 Å². The van der Waals surface area contributed by atoms with Crippen molar-refractivity contribution in [1.29, 1.82) is 0 Å². The second-order valence-electron chi connectivity index (χ2n) is 5.21. The highest BCUT2D eigenvalue weighted by molar-refractivity contribution is 5.81. The Bertz CT molecular complexity index is 546. The molecule has 0 aromatic heterocycles. The molecule has 0 aliphatic rings. The minimum atomic E-state index is -0.863. The van der Waals surface area contributed by atoms with Crippen molar-refractivity contribution in [2.45, 2.75) is 45.8 Å². The summed E-state index contributed by atoms with van der Waals surface area (Å²) in [5.74, 6) is -0.889. The van der Waals surface area contributed by atoms with Crippen LogP contribution < -0.4 is 5.32 Å². The topological polar surface area (TPSA) is 90.9 Å². The summed E-state index contributed by atoms with van der Waals surface area (Å²) in [4.78, 5) is 35.2. The zero-order chi connectivity index (χ0) is 18.5. The summed E-state index contributed by atoms with van der Waals surface area (Å²) >= 11 is 0. The lowest BCUT2D eigenvalue weighted by atomic mass is 10.1. The summed E-state index contributed by atoms with van der Waals surface area (Å²) in [7, 11) is 0. The van der Waals surface area contributed by atoms with Gasteiger partial charge >= 0.3 is 18.0 Å². The van der Waals surface area contributed by atoms with E-state index in [1.807, 2.05) is 30.3 Å². The maximum atomic E-state index is 11.9. The molecular weight excluding hydrogens is 326 g/mol. The Labute approximate surface area is 147 Å². The molecule has 138 valence electrons. The molecule has 0 fully saturated rings. The maximum absolute atomic E-state index is 11.9. The molecule has 0 saturated heterocycles. The van der Waals surface area contributed by atoms with Gasteiger partial charge in [-0.25, -0.2) is 9.59 Å². The molecule has 7 nitrogen and oxygen atoms in total. The van der Waals surface area contributed by atoms with Gasteiger partial charge in [-0.2, -0.15) is 0 Å². The number of carbonyl (C=O) groups is 3. The lowest BCUT2D eigenvalue weighted by Crippen LogP contribution is -2.42. The first-order valence-electron chi connectivity index (χ1n) is 8.36. The third kappa shape index (κ3) is 8.74. The number of rotatable bonds is 10. The molecule has 0 aliphatic carbocycles. The predicted octanol–water partition coefficient (Wildman–Crippen LogP) is 2.58. The van der Waals surface area contributed by atoms with E-state index in [-0.39, 0.29) is 32.0 Å². The third-order valence-electron chi connectivity index (χ3n) is 3.25. The Hall–Kier alpha value is -2.57. The van der Waals surface area contributed by atoms with Crippen LogP contribution in [0.2, 0.25) is 0 Å². The molecule has 25 heavy (non-hydrogen) atoms. The fourth-order valence-corrected chi connectivity index (χ4v) is 2.08. The second kappa shape index (κ2) is 11.9. The van der Waals surface area contributed by atoms with E-state index in [9.17, 15) is 14.4 Å². The number of amides is 1. The molecule has 0 heterocycles. The number of esters is 2. The van der Waals surface area contributed by atoms with Crippen molar-refractivity contribution in [3.8, 4) is 0 Å². The normalized spacial score (nSPS) is 11.3. The lowest BCUT2D eigenvalue weighted by molar-refractivity contribution is -0.147. The number of benzene rings is 1. The van der Waals surface area contributed by atoms with Gasteiger partial charge in [-0.1, -0.05) is 30.3 Å². The van der Waals surface area contributed by atoms with Crippen molar-refractivity contribution >= 4 is 18.0 Å². The zero-order valence-electron chi connectivity index (χ0n) is 14.7. The van der Waals surface area contributed by atoms with Crippen LogP contribution in [-0.2, 0) is 30.4 Å². The standard InChI is InChI=1S/C18H25NO6/c1-3-23-16(20)12-8-11-15(17(21)24-4-2)19-18(22)25-13-14-9-6-5-7-10-14/h5-7,9-10,15H,3-4,8,11-13H2,1-2H3,(H,19,22)/t15-/m1/s1. The smallest absolute Gasteiger partial charge is 0.408 e. The van der Waals surface area contributed by atoms with Crippen LogP contribution >= 0.6 is 0 Å². The highest BCUT2D eigenvalue weighted by atomic mass is 16.6. The van der Waals surface area contributed by atoms with Gasteiger partial charge in [0.2, 0.25) is 0 Å². The summed E-state index contributed by atoms with van der Waals surface area (Å²) in [5, 5.41) is 2.49. The first-order chi connectivity index (χ1) is 12.1. The average molecular weight is 351 g/mol. The number of ether oxygens (including phenoxy) is 3. The maximum Gasteiger partial charge on any atom is 0.408 e. The van der Waals surface area contributed by atoms with Crippen LogP contribution in [0.25, 0.3) is 0 Å². The van der Waals surface area contributed by atoms with Crippen LogP contribution in [0.4, 0.5) is 4.79 Å². The van der Waals surface area contributed by atoms with Crippen LogP contribution in [0.1, 0.15) is 38.7 Å². The van der Waals surface area contributed by atoms with Crippen molar-refractivity contribution < 1.29 is 28.6 Å². The molecule has 1 aromatic rings. The van der Waals surface area contributed by atoms with E-state index in [0.717, 1.165) is 5.56 Å². The van der Waals surface area contributed by atoms with Gasteiger partial charge in [0, 0.05) is 6.42 Å². The number of alkyl carbamates (subject to hydrolysis) is 1. The monoisotopic (exact) mass is 351 g/mol.